The van der Waals surface area contributed by atoms with Crippen LogP contribution in [0.2, 0.25) is 10.0 Å². The summed E-state index contributed by atoms with van der Waals surface area (Å²) < 4.78 is 56.4. The number of hydrogen-bond donors (Lipinski definition) is 1. The summed E-state index contributed by atoms with van der Waals surface area (Å²) in [5, 5.41) is 11.9. The zero-order chi connectivity index (χ0) is 31.1. The highest BCUT2D eigenvalue weighted by atomic mass is 35.5. The van der Waals surface area contributed by atoms with Gasteiger partial charge in [-0.05, 0) is 48.9 Å². The second kappa shape index (κ2) is 11.8. The highest BCUT2D eigenvalue weighted by molar-refractivity contribution is 6.34. The first-order chi connectivity index (χ1) is 20.4. The number of pyridine rings is 1. The lowest BCUT2D eigenvalue weighted by atomic mass is 9.87. The molecule has 1 aliphatic heterocycles. The van der Waals surface area contributed by atoms with Gasteiger partial charge in [-0.25, -0.2) is 22.5 Å². The Labute approximate surface area is 252 Å². The topological polar surface area (TPSA) is 106 Å². The number of alkyl halides is 2. The van der Waals surface area contributed by atoms with Crippen LogP contribution in [-0.4, -0.2) is 40.7 Å². The highest BCUT2D eigenvalue weighted by Crippen LogP contribution is 2.40. The van der Waals surface area contributed by atoms with Gasteiger partial charge in [0.1, 0.15) is 29.5 Å². The van der Waals surface area contributed by atoms with Gasteiger partial charge in [-0.2, -0.15) is 5.26 Å². The number of anilines is 2. The van der Waals surface area contributed by atoms with Crippen LogP contribution >= 0.6 is 23.2 Å². The van der Waals surface area contributed by atoms with Crippen molar-refractivity contribution in [1.29, 1.82) is 5.26 Å². The molecule has 3 aromatic rings. The normalized spacial score (nSPS) is 18.5. The van der Waals surface area contributed by atoms with Crippen LogP contribution in [0.3, 0.4) is 0 Å². The monoisotopic (exact) mass is 633 g/mol. The first kappa shape index (κ1) is 30.3. The molecular formula is C29H21Cl2F4N5O3. The molecule has 222 valence electrons. The number of nitrogens with zero attached hydrogens (tertiary/aromatic N) is 4. The highest BCUT2D eigenvalue weighted by Gasteiger charge is 2.48. The Kier molecular flexibility index (Phi) is 8.31. The molecule has 5 rings (SSSR count). The number of halogens is 6. The van der Waals surface area contributed by atoms with Crippen molar-refractivity contribution in [3.8, 4) is 6.07 Å². The van der Waals surface area contributed by atoms with Crippen LogP contribution in [0.25, 0.3) is 0 Å². The van der Waals surface area contributed by atoms with E-state index in [9.17, 15) is 37.2 Å². The van der Waals surface area contributed by atoms with Crippen LogP contribution in [-0.2, 0) is 14.4 Å². The summed E-state index contributed by atoms with van der Waals surface area (Å²) in [6.07, 6.45) is -0.216. The lowest BCUT2D eigenvalue weighted by Gasteiger charge is -2.39. The van der Waals surface area contributed by atoms with Gasteiger partial charge < -0.3 is 5.32 Å². The fourth-order valence-corrected chi connectivity index (χ4v) is 5.63. The van der Waals surface area contributed by atoms with E-state index < -0.39 is 71.9 Å². The van der Waals surface area contributed by atoms with E-state index in [0.717, 1.165) is 21.9 Å². The molecule has 2 heterocycles. The quantitative estimate of drug-likeness (QED) is 0.335. The molecule has 0 radical (unpaired) electrons. The summed E-state index contributed by atoms with van der Waals surface area (Å²) in [6, 6.07) is 6.78. The van der Waals surface area contributed by atoms with E-state index in [0.29, 0.717) is 6.07 Å². The first-order valence-corrected chi connectivity index (χ1v) is 13.7. The van der Waals surface area contributed by atoms with Crippen molar-refractivity contribution in [2.45, 2.75) is 49.7 Å². The fourth-order valence-electron chi connectivity index (χ4n) is 5.23. The molecule has 3 amide bonds. The van der Waals surface area contributed by atoms with E-state index in [1.54, 1.807) is 0 Å². The molecule has 1 saturated carbocycles. The SMILES string of the molecule is N#Cc1ccnc(N2C(=O)CCC2C(=O)N(c2cc(F)cc(F)c2)[C@H](C(=O)NC2CC(F)(F)C2)c2cc(Cl)ccc2Cl)c1. The molecule has 14 heteroatoms. The van der Waals surface area contributed by atoms with Gasteiger partial charge in [0.2, 0.25) is 11.8 Å². The number of rotatable bonds is 7. The van der Waals surface area contributed by atoms with E-state index in [2.05, 4.69) is 10.3 Å². The third-order valence-electron chi connectivity index (χ3n) is 7.18. The fraction of sp³-hybridized carbons (Fsp3) is 0.276. The maximum atomic E-state index is 14.6. The van der Waals surface area contributed by atoms with Gasteiger partial charge in [0.05, 0.1) is 17.3 Å². The van der Waals surface area contributed by atoms with Crippen LogP contribution in [0.1, 0.15) is 42.9 Å². The molecule has 0 spiro atoms. The number of carbonyl (C=O) groups excluding carboxylic acids is 3. The van der Waals surface area contributed by atoms with E-state index in [4.69, 9.17) is 23.2 Å². The molecule has 2 aliphatic rings. The van der Waals surface area contributed by atoms with Gasteiger partial charge in [-0.15, -0.1) is 0 Å². The number of hydrogen-bond acceptors (Lipinski definition) is 5. The molecule has 2 fully saturated rings. The summed E-state index contributed by atoms with van der Waals surface area (Å²) in [4.78, 5) is 47.3. The Morgan fingerprint density at radius 3 is 2.44 bits per heavy atom. The maximum absolute atomic E-state index is 14.6. The molecule has 1 unspecified atom stereocenters. The van der Waals surface area contributed by atoms with E-state index in [-0.39, 0.29) is 39.8 Å². The Balaban J connectivity index is 1.65. The van der Waals surface area contributed by atoms with E-state index in [1.807, 2.05) is 6.07 Å². The molecule has 43 heavy (non-hydrogen) atoms. The van der Waals surface area contributed by atoms with Gasteiger partial charge in [0.15, 0.2) is 0 Å². The third-order valence-corrected chi connectivity index (χ3v) is 7.76. The average molecular weight is 634 g/mol. The summed E-state index contributed by atoms with van der Waals surface area (Å²) >= 11 is 12.7. The number of aromatic nitrogens is 1. The van der Waals surface area contributed by atoms with Crippen molar-refractivity contribution < 1.29 is 31.9 Å². The lowest BCUT2D eigenvalue weighted by molar-refractivity contribution is -0.133. The lowest BCUT2D eigenvalue weighted by Crippen LogP contribution is -2.56. The minimum Gasteiger partial charge on any atom is -0.351 e. The van der Waals surface area contributed by atoms with Crippen LogP contribution in [0.15, 0.2) is 54.7 Å². The maximum Gasteiger partial charge on any atom is 0.252 e. The van der Waals surface area contributed by atoms with Gasteiger partial charge in [0, 0.05) is 53.2 Å². The minimum absolute atomic E-state index is 0.0243. The molecule has 2 atom stereocenters. The standard InChI is InChI=1S/C29H21Cl2F4N5O3/c30-16-1-2-22(31)21(8-16)26(27(42)38-19-12-29(34,35)13-19)39(20-10-17(32)9-18(33)11-20)28(43)23-3-4-25(41)40(23)24-7-15(14-36)5-6-37-24/h1-2,5-11,19,23,26H,3-4,12-13H2,(H,38,42)/t23?,26-/m0/s1. The average Bonchev–Trinajstić information content (AvgIpc) is 3.32. The second-order valence-corrected chi connectivity index (χ2v) is 11.1. The van der Waals surface area contributed by atoms with Crippen molar-refractivity contribution in [2.75, 3.05) is 9.80 Å². The molecule has 8 nitrogen and oxygen atoms in total. The van der Waals surface area contributed by atoms with Gasteiger partial charge in [-0.1, -0.05) is 23.2 Å². The third kappa shape index (κ3) is 6.28. The molecule has 1 saturated heterocycles. The first-order valence-electron chi connectivity index (χ1n) is 13.0. The van der Waals surface area contributed by atoms with Gasteiger partial charge in [0.25, 0.3) is 11.8 Å². The van der Waals surface area contributed by atoms with Crippen LogP contribution in [0.4, 0.5) is 29.1 Å². The Hall–Kier alpha value is -4.21. The molecule has 1 N–H and O–H groups in total. The Morgan fingerprint density at radius 1 is 1.09 bits per heavy atom. The molecule has 1 aliphatic carbocycles. The number of nitriles is 1. The largest absolute Gasteiger partial charge is 0.351 e. The van der Waals surface area contributed by atoms with Crippen molar-refractivity contribution >= 4 is 52.4 Å². The van der Waals surface area contributed by atoms with Gasteiger partial charge >= 0.3 is 0 Å². The zero-order valence-corrected chi connectivity index (χ0v) is 23.5. The second-order valence-electron chi connectivity index (χ2n) is 10.2. The van der Waals surface area contributed by atoms with Crippen molar-refractivity contribution in [3.05, 3.63) is 87.5 Å². The van der Waals surface area contributed by atoms with Gasteiger partial charge in [-0.3, -0.25) is 24.2 Å². The molecule has 1 aromatic heterocycles. The number of nitrogens with one attached hydrogen (secondary N) is 1. The minimum atomic E-state index is -2.99. The number of carbonyl (C=O) groups is 3. The zero-order valence-electron chi connectivity index (χ0n) is 22.0. The Morgan fingerprint density at radius 2 is 1.79 bits per heavy atom. The summed E-state index contributed by atoms with van der Waals surface area (Å²) in [5.74, 6) is -7.61. The summed E-state index contributed by atoms with van der Waals surface area (Å²) in [7, 11) is 0. The van der Waals surface area contributed by atoms with Crippen LogP contribution in [0, 0.1) is 23.0 Å². The molecular weight excluding hydrogens is 613 g/mol. The van der Waals surface area contributed by atoms with Crippen molar-refractivity contribution in [3.63, 3.8) is 0 Å². The molecule has 0 bridgehead atoms. The predicted octanol–water partition coefficient (Wildman–Crippen LogP) is 5.72. The summed E-state index contributed by atoms with van der Waals surface area (Å²) in [6.45, 7) is 0. The van der Waals surface area contributed by atoms with Crippen molar-refractivity contribution in [1.82, 2.24) is 10.3 Å². The number of amides is 3. The Bertz CT molecular complexity index is 1640. The summed E-state index contributed by atoms with van der Waals surface area (Å²) in [5.41, 5.74) is -0.313. The molecule has 2 aromatic carbocycles. The van der Waals surface area contributed by atoms with E-state index in [1.165, 1.54) is 36.5 Å². The predicted molar refractivity (Wildman–Crippen MR) is 149 cm³/mol. The number of benzene rings is 2. The van der Waals surface area contributed by atoms with Crippen LogP contribution < -0.4 is 15.1 Å². The van der Waals surface area contributed by atoms with Crippen molar-refractivity contribution in [2.24, 2.45) is 0 Å². The van der Waals surface area contributed by atoms with E-state index >= 15 is 0 Å². The smallest absolute Gasteiger partial charge is 0.252 e. The van der Waals surface area contributed by atoms with Crippen LogP contribution in [0.5, 0.6) is 0 Å².